The van der Waals surface area contributed by atoms with E-state index in [1.165, 1.54) is 10.9 Å². The van der Waals surface area contributed by atoms with Crippen LogP contribution in [0, 0.1) is 0 Å². The van der Waals surface area contributed by atoms with Crippen LogP contribution in [0.4, 0.5) is 5.82 Å². The molecule has 31 heavy (non-hydrogen) atoms. The van der Waals surface area contributed by atoms with Gasteiger partial charge in [-0.15, -0.1) is 0 Å². The normalized spacial score (nSPS) is 27.4. The third kappa shape index (κ3) is 4.71. The average molecular weight is 478 g/mol. The van der Waals surface area contributed by atoms with Crippen molar-refractivity contribution >= 4 is 36.2 Å². The first-order valence-corrected chi connectivity index (χ1v) is 12.1. The maximum Gasteiger partial charge on any atom is 0.350 e. The number of fused-ring (bicyclic) bond motifs is 1. The van der Waals surface area contributed by atoms with Crippen molar-refractivity contribution in [2.45, 2.75) is 56.3 Å². The van der Waals surface area contributed by atoms with Gasteiger partial charge in [-0.1, -0.05) is 12.8 Å². The molecule has 0 bridgehead atoms. The molecule has 1 unspecified atom stereocenters. The smallest absolute Gasteiger partial charge is 0.350 e. The molecule has 0 radical (unpaired) electrons. The molecule has 1 aliphatic carbocycles. The first kappa shape index (κ1) is 22.8. The molecule has 3 heterocycles. The van der Waals surface area contributed by atoms with Gasteiger partial charge in [0.25, 0.3) is 0 Å². The first-order chi connectivity index (χ1) is 14.7. The molecule has 14 heteroatoms. The lowest BCUT2D eigenvalue weighted by Crippen LogP contribution is -2.34. The second-order valence-corrected chi connectivity index (χ2v) is 9.83. The lowest BCUT2D eigenvalue weighted by atomic mass is 10.1. The van der Waals surface area contributed by atoms with Gasteiger partial charge in [-0.2, -0.15) is 9.97 Å². The van der Waals surface area contributed by atoms with E-state index in [1.807, 2.05) is 11.9 Å². The Morgan fingerprint density at radius 1 is 1.29 bits per heavy atom. The Bertz CT molecular complexity index is 981. The largest absolute Gasteiger partial charge is 0.387 e. The van der Waals surface area contributed by atoms with Crippen molar-refractivity contribution in [3.05, 3.63) is 11.6 Å². The van der Waals surface area contributed by atoms with E-state index < -0.39 is 38.5 Å². The molecule has 1 saturated heterocycles. The highest BCUT2D eigenvalue weighted by molar-refractivity contribution is 7.51. The molecule has 0 aromatic carbocycles. The molecular formula is C17H25ClN5O7P. The van der Waals surface area contributed by atoms with Gasteiger partial charge in [0.05, 0.1) is 12.9 Å². The third-order valence-electron chi connectivity index (χ3n) is 5.74. The SMILES string of the molecule is CN(c1nc(Cl)nc2c1ncn2C1O[C@H](COCP(=O)(O)O)[C@@H](O)[C@H]1O)C1CCCC1. The van der Waals surface area contributed by atoms with Crippen molar-refractivity contribution < 1.29 is 34.0 Å². The average Bonchev–Trinajstić information content (AvgIpc) is 3.42. The van der Waals surface area contributed by atoms with Crippen molar-refractivity contribution in [1.82, 2.24) is 19.5 Å². The highest BCUT2D eigenvalue weighted by Gasteiger charge is 2.44. The minimum atomic E-state index is -4.36. The van der Waals surface area contributed by atoms with Crippen LogP contribution in [-0.4, -0.2) is 83.9 Å². The first-order valence-electron chi connectivity index (χ1n) is 9.92. The fourth-order valence-corrected chi connectivity index (χ4v) is 4.66. The lowest BCUT2D eigenvalue weighted by Gasteiger charge is -2.25. The number of imidazole rings is 1. The standard InChI is InChI=1S/C17H25ClN5O7P/c1-22(9-4-2-3-5-9)14-11-15(21-17(18)20-14)23(7-19-11)16-13(25)12(24)10(30-16)6-29-8-31(26,27)28/h7,9-10,12-13,16,24-25H,2-6,8H2,1H3,(H2,26,27,28)/t10-,12-,13-,16?/m1/s1. The summed E-state index contributed by atoms with van der Waals surface area (Å²) in [6, 6.07) is 0.324. The Labute approximate surface area is 182 Å². The van der Waals surface area contributed by atoms with E-state index in [2.05, 4.69) is 15.0 Å². The summed E-state index contributed by atoms with van der Waals surface area (Å²) in [7, 11) is -2.42. The van der Waals surface area contributed by atoms with E-state index in [4.69, 9.17) is 30.9 Å². The van der Waals surface area contributed by atoms with Crippen LogP contribution in [0.15, 0.2) is 6.33 Å². The zero-order valence-corrected chi connectivity index (χ0v) is 18.4. The molecule has 0 spiro atoms. The van der Waals surface area contributed by atoms with Crippen LogP contribution in [0.3, 0.4) is 0 Å². The summed E-state index contributed by atoms with van der Waals surface area (Å²) in [5, 5.41) is 20.9. The van der Waals surface area contributed by atoms with Gasteiger partial charge in [0, 0.05) is 13.1 Å². The van der Waals surface area contributed by atoms with Crippen LogP contribution in [-0.2, 0) is 14.0 Å². The van der Waals surface area contributed by atoms with Crippen LogP contribution in [0.1, 0.15) is 31.9 Å². The molecule has 2 aromatic rings. The molecule has 1 aliphatic heterocycles. The number of aromatic nitrogens is 4. The summed E-state index contributed by atoms with van der Waals surface area (Å²) < 4.78 is 23.1. The van der Waals surface area contributed by atoms with Gasteiger partial charge in [-0.05, 0) is 24.4 Å². The predicted molar refractivity (Wildman–Crippen MR) is 110 cm³/mol. The highest BCUT2D eigenvalue weighted by atomic mass is 35.5. The van der Waals surface area contributed by atoms with Crippen LogP contribution in [0.25, 0.3) is 11.2 Å². The predicted octanol–water partition coefficient (Wildman–Crippen LogP) is 0.629. The number of aliphatic hydroxyl groups excluding tert-OH is 2. The number of nitrogens with zero attached hydrogens (tertiary/aromatic N) is 5. The van der Waals surface area contributed by atoms with Gasteiger partial charge < -0.3 is 34.4 Å². The molecule has 2 aliphatic rings. The topological polar surface area (TPSA) is 163 Å². The van der Waals surface area contributed by atoms with E-state index in [1.54, 1.807) is 0 Å². The Kier molecular flexibility index (Phi) is 6.53. The summed E-state index contributed by atoms with van der Waals surface area (Å²) in [4.78, 5) is 32.8. The van der Waals surface area contributed by atoms with Gasteiger partial charge in [0.15, 0.2) is 23.2 Å². The Morgan fingerprint density at radius 2 is 2.00 bits per heavy atom. The number of ether oxygens (including phenoxy) is 2. The van der Waals surface area contributed by atoms with Gasteiger partial charge in [-0.25, -0.2) is 4.98 Å². The Morgan fingerprint density at radius 3 is 2.68 bits per heavy atom. The summed E-state index contributed by atoms with van der Waals surface area (Å²) in [5.41, 5.74) is 0.832. The van der Waals surface area contributed by atoms with Crippen molar-refractivity contribution in [2.24, 2.45) is 0 Å². The summed E-state index contributed by atoms with van der Waals surface area (Å²) >= 11 is 6.18. The number of hydrogen-bond acceptors (Lipinski definition) is 9. The Hall–Kier alpha value is -1.37. The maximum absolute atomic E-state index is 10.9. The second-order valence-electron chi connectivity index (χ2n) is 7.90. The molecule has 2 aromatic heterocycles. The van der Waals surface area contributed by atoms with Gasteiger partial charge in [0.2, 0.25) is 5.28 Å². The molecule has 4 N–H and O–H groups in total. The lowest BCUT2D eigenvalue weighted by molar-refractivity contribution is -0.0612. The molecular weight excluding hydrogens is 453 g/mol. The van der Waals surface area contributed by atoms with Crippen LogP contribution in [0.5, 0.6) is 0 Å². The zero-order chi connectivity index (χ0) is 22.3. The van der Waals surface area contributed by atoms with E-state index in [9.17, 15) is 14.8 Å². The minimum absolute atomic E-state index is 0.0173. The van der Waals surface area contributed by atoms with Crippen molar-refractivity contribution in [2.75, 3.05) is 24.9 Å². The second kappa shape index (κ2) is 8.87. The molecule has 0 amide bonds. The molecule has 4 rings (SSSR count). The maximum atomic E-state index is 10.9. The third-order valence-corrected chi connectivity index (χ3v) is 6.42. The van der Waals surface area contributed by atoms with Crippen molar-refractivity contribution in [3.63, 3.8) is 0 Å². The fourth-order valence-electron chi connectivity index (χ4n) is 4.16. The number of rotatable bonds is 7. The number of halogens is 1. The van der Waals surface area contributed by atoms with Crippen molar-refractivity contribution in [1.29, 1.82) is 0 Å². The van der Waals surface area contributed by atoms with E-state index in [0.29, 0.717) is 23.0 Å². The summed E-state index contributed by atoms with van der Waals surface area (Å²) in [5.74, 6) is 0.579. The van der Waals surface area contributed by atoms with Crippen LogP contribution >= 0.6 is 19.2 Å². The fraction of sp³-hybridized carbons (Fsp3) is 0.706. The molecule has 2 fully saturated rings. The van der Waals surface area contributed by atoms with Crippen LogP contribution in [0.2, 0.25) is 5.28 Å². The number of hydrogen-bond donors (Lipinski definition) is 4. The molecule has 12 nitrogen and oxygen atoms in total. The van der Waals surface area contributed by atoms with Gasteiger partial charge >= 0.3 is 7.60 Å². The summed E-state index contributed by atoms with van der Waals surface area (Å²) in [6.45, 7) is -0.308. The minimum Gasteiger partial charge on any atom is -0.387 e. The molecule has 172 valence electrons. The quantitative estimate of drug-likeness (QED) is 0.326. The zero-order valence-electron chi connectivity index (χ0n) is 16.8. The summed E-state index contributed by atoms with van der Waals surface area (Å²) in [6.07, 6.45) is 0.299. The van der Waals surface area contributed by atoms with E-state index in [0.717, 1.165) is 25.7 Å². The highest BCUT2D eigenvalue weighted by Crippen LogP contribution is 2.37. The van der Waals surface area contributed by atoms with E-state index in [-0.39, 0.29) is 11.9 Å². The number of anilines is 1. The Balaban J connectivity index is 1.59. The van der Waals surface area contributed by atoms with Gasteiger partial charge in [0.1, 0.15) is 24.7 Å². The van der Waals surface area contributed by atoms with Gasteiger partial charge in [-0.3, -0.25) is 9.13 Å². The van der Waals surface area contributed by atoms with E-state index >= 15 is 0 Å². The number of aliphatic hydroxyl groups is 2. The molecule has 1 saturated carbocycles. The monoisotopic (exact) mass is 477 g/mol. The van der Waals surface area contributed by atoms with Crippen LogP contribution < -0.4 is 4.90 Å². The van der Waals surface area contributed by atoms with Crippen molar-refractivity contribution in [3.8, 4) is 0 Å². The molecule has 4 atom stereocenters.